The summed E-state index contributed by atoms with van der Waals surface area (Å²) in [7, 11) is 0. The molecule has 96 valence electrons. The highest BCUT2D eigenvalue weighted by molar-refractivity contribution is 6.35. The third-order valence-electron chi connectivity index (χ3n) is 2.83. The number of halogens is 3. The van der Waals surface area contributed by atoms with Crippen LogP contribution in [0.5, 0.6) is 0 Å². The molecule has 17 heavy (non-hydrogen) atoms. The van der Waals surface area contributed by atoms with Crippen molar-refractivity contribution in [2.75, 3.05) is 5.88 Å². The van der Waals surface area contributed by atoms with Gasteiger partial charge in [0.05, 0.1) is 0 Å². The Morgan fingerprint density at radius 3 is 2.24 bits per heavy atom. The molecule has 0 aliphatic carbocycles. The van der Waals surface area contributed by atoms with Gasteiger partial charge in [0.25, 0.3) is 0 Å². The molecule has 0 amide bonds. The standard InChI is InChI=1S/C13H18Cl3N/c1-9(2)13(6-7-14)17-8-10-11(15)4-3-5-12(10)16/h3-5,9,13,17H,6-8H2,1-2H3. The Hall–Kier alpha value is 0.0500. The molecule has 1 nitrogen and oxygen atoms in total. The van der Waals surface area contributed by atoms with Crippen LogP contribution in [0.3, 0.4) is 0 Å². The number of hydrogen-bond donors (Lipinski definition) is 1. The minimum Gasteiger partial charge on any atom is -0.310 e. The van der Waals surface area contributed by atoms with Crippen LogP contribution in [-0.2, 0) is 6.54 Å². The SMILES string of the molecule is CC(C)C(CCCl)NCc1c(Cl)cccc1Cl. The number of rotatable bonds is 6. The molecule has 0 aliphatic rings. The van der Waals surface area contributed by atoms with E-state index in [2.05, 4.69) is 19.2 Å². The van der Waals surface area contributed by atoms with Crippen molar-refractivity contribution in [3.8, 4) is 0 Å². The first kappa shape index (κ1) is 15.1. The molecule has 1 unspecified atom stereocenters. The monoisotopic (exact) mass is 293 g/mol. The van der Waals surface area contributed by atoms with Gasteiger partial charge in [-0.05, 0) is 24.5 Å². The van der Waals surface area contributed by atoms with Gasteiger partial charge in [0.1, 0.15) is 0 Å². The van der Waals surface area contributed by atoms with Gasteiger partial charge < -0.3 is 5.32 Å². The van der Waals surface area contributed by atoms with Crippen LogP contribution in [-0.4, -0.2) is 11.9 Å². The van der Waals surface area contributed by atoms with Crippen molar-refractivity contribution in [2.45, 2.75) is 32.9 Å². The van der Waals surface area contributed by atoms with E-state index in [1.165, 1.54) is 0 Å². The van der Waals surface area contributed by atoms with Gasteiger partial charge in [-0.25, -0.2) is 0 Å². The lowest BCUT2D eigenvalue weighted by Crippen LogP contribution is -2.33. The predicted octanol–water partition coefficient (Wildman–Crippen LogP) is 4.74. The zero-order chi connectivity index (χ0) is 12.8. The lowest BCUT2D eigenvalue weighted by molar-refractivity contribution is 0.389. The van der Waals surface area contributed by atoms with Crippen molar-refractivity contribution in [2.24, 2.45) is 5.92 Å². The summed E-state index contributed by atoms with van der Waals surface area (Å²) in [6, 6.07) is 5.96. The zero-order valence-electron chi connectivity index (χ0n) is 10.1. The van der Waals surface area contributed by atoms with Gasteiger partial charge in [-0.1, -0.05) is 43.1 Å². The lowest BCUT2D eigenvalue weighted by Gasteiger charge is -2.22. The first-order chi connectivity index (χ1) is 8.06. The minimum absolute atomic E-state index is 0.389. The van der Waals surface area contributed by atoms with Crippen LogP contribution >= 0.6 is 34.8 Å². The molecular weight excluding hydrogens is 277 g/mol. The molecule has 0 heterocycles. The number of benzene rings is 1. The van der Waals surface area contributed by atoms with Crippen molar-refractivity contribution in [3.05, 3.63) is 33.8 Å². The van der Waals surface area contributed by atoms with Gasteiger partial charge in [-0.15, -0.1) is 11.6 Å². The van der Waals surface area contributed by atoms with Gasteiger partial charge >= 0.3 is 0 Å². The molecule has 1 rings (SSSR count). The minimum atomic E-state index is 0.389. The van der Waals surface area contributed by atoms with Crippen LogP contribution < -0.4 is 5.32 Å². The summed E-state index contributed by atoms with van der Waals surface area (Å²) in [4.78, 5) is 0. The molecule has 1 N–H and O–H groups in total. The molecule has 1 aromatic carbocycles. The van der Waals surface area contributed by atoms with Crippen LogP contribution in [0.4, 0.5) is 0 Å². The molecule has 0 aromatic heterocycles. The van der Waals surface area contributed by atoms with Crippen LogP contribution in [0.25, 0.3) is 0 Å². The summed E-state index contributed by atoms with van der Waals surface area (Å²) in [5.41, 5.74) is 0.955. The Kier molecular flexibility index (Phi) is 6.65. The van der Waals surface area contributed by atoms with E-state index >= 15 is 0 Å². The fourth-order valence-electron chi connectivity index (χ4n) is 1.72. The van der Waals surface area contributed by atoms with Gasteiger partial charge in [0.2, 0.25) is 0 Å². The van der Waals surface area contributed by atoms with Crippen molar-refractivity contribution in [1.82, 2.24) is 5.32 Å². The third kappa shape index (κ3) is 4.67. The quantitative estimate of drug-likeness (QED) is 0.748. The largest absolute Gasteiger partial charge is 0.310 e. The van der Waals surface area contributed by atoms with E-state index in [-0.39, 0.29) is 0 Å². The Morgan fingerprint density at radius 1 is 1.18 bits per heavy atom. The number of alkyl halides is 1. The molecule has 0 aliphatic heterocycles. The molecule has 0 bridgehead atoms. The number of nitrogens with one attached hydrogen (secondary N) is 1. The molecule has 0 spiro atoms. The Bertz CT molecular complexity index is 332. The molecule has 0 saturated carbocycles. The van der Waals surface area contributed by atoms with Gasteiger partial charge in [-0.3, -0.25) is 0 Å². The molecular formula is C13H18Cl3N. The van der Waals surface area contributed by atoms with E-state index in [4.69, 9.17) is 34.8 Å². The van der Waals surface area contributed by atoms with Crippen LogP contribution in [0.2, 0.25) is 10.0 Å². The summed E-state index contributed by atoms with van der Waals surface area (Å²) in [5, 5.41) is 4.88. The van der Waals surface area contributed by atoms with E-state index in [0.29, 0.717) is 34.4 Å². The van der Waals surface area contributed by atoms with Gasteiger partial charge in [0.15, 0.2) is 0 Å². The van der Waals surface area contributed by atoms with E-state index in [1.54, 1.807) is 0 Å². The van der Waals surface area contributed by atoms with E-state index in [0.717, 1.165) is 12.0 Å². The zero-order valence-corrected chi connectivity index (χ0v) is 12.4. The molecule has 0 radical (unpaired) electrons. The van der Waals surface area contributed by atoms with E-state index in [1.807, 2.05) is 18.2 Å². The first-order valence-corrected chi connectivity index (χ1v) is 7.07. The molecule has 0 saturated heterocycles. The predicted molar refractivity (Wildman–Crippen MR) is 77.3 cm³/mol. The molecule has 4 heteroatoms. The fourth-order valence-corrected chi connectivity index (χ4v) is 2.49. The van der Waals surface area contributed by atoms with E-state index < -0.39 is 0 Å². The van der Waals surface area contributed by atoms with Crippen LogP contribution in [0, 0.1) is 5.92 Å². The molecule has 1 aromatic rings. The maximum atomic E-state index is 6.12. The highest BCUT2D eigenvalue weighted by atomic mass is 35.5. The Morgan fingerprint density at radius 2 is 1.76 bits per heavy atom. The van der Waals surface area contributed by atoms with Crippen LogP contribution in [0.15, 0.2) is 18.2 Å². The van der Waals surface area contributed by atoms with Gasteiger partial charge in [0, 0.05) is 34.1 Å². The molecule has 1 atom stereocenters. The average Bonchev–Trinajstić information content (AvgIpc) is 2.26. The van der Waals surface area contributed by atoms with Gasteiger partial charge in [-0.2, -0.15) is 0 Å². The second-order valence-corrected chi connectivity index (χ2v) is 5.60. The summed E-state index contributed by atoms with van der Waals surface area (Å²) in [6.45, 7) is 5.04. The summed E-state index contributed by atoms with van der Waals surface area (Å²) >= 11 is 18.0. The second-order valence-electron chi connectivity index (χ2n) is 4.41. The smallest absolute Gasteiger partial charge is 0.0465 e. The van der Waals surface area contributed by atoms with Crippen molar-refractivity contribution < 1.29 is 0 Å². The van der Waals surface area contributed by atoms with Crippen molar-refractivity contribution in [3.63, 3.8) is 0 Å². The van der Waals surface area contributed by atoms with E-state index in [9.17, 15) is 0 Å². The first-order valence-electron chi connectivity index (χ1n) is 5.78. The Labute approximate surface area is 118 Å². The molecule has 0 fully saturated rings. The van der Waals surface area contributed by atoms with Crippen molar-refractivity contribution in [1.29, 1.82) is 0 Å². The maximum Gasteiger partial charge on any atom is 0.0465 e. The number of hydrogen-bond acceptors (Lipinski definition) is 1. The summed E-state index contributed by atoms with van der Waals surface area (Å²) in [5.74, 6) is 1.20. The third-order valence-corrected chi connectivity index (χ3v) is 3.75. The summed E-state index contributed by atoms with van der Waals surface area (Å²) in [6.07, 6.45) is 0.946. The summed E-state index contributed by atoms with van der Waals surface area (Å²) < 4.78 is 0. The average molecular weight is 295 g/mol. The fraction of sp³-hybridized carbons (Fsp3) is 0.538. The van der Waals surface area contributed by atoms with Crippen LogP contribution in [0.1, 0.15) is 25.8 Å². The second kappa shape index (κ2) is 7.48. The highest BCUT2D eigenvalue weighted by Crippen LogP contribution is 2.24. The van der Waals surface area contributed by atoms with Crippen molar-refractivity contribution >= 4 is 34.8 Å². The maximum absolute atomic E-state index is 6.12. The Balaban J connectivity index is 2.65. The highest BCUT2D eigenvalue weighted by Gasteiger charge is 2.13. The lowest BCUT2D eigenvalue weighted by atomic mass is 10.0. The normalized spacial score (nSPS) is 13.1. The topological polar surface area (TPSA) is 12.0 Å².